The van der Waals surface area contributed by atoms with Crippen LogP contribution in [0.5, 0.6) is 0 Å². The van der Waals surface area contributed by atoms with E-state index in [-0.39, 0.29) is 12.2 Å². The molecule has 0 aromatic carbocycles. The monoisotopic (exact) mass is 368 g/mol. The van der Waals surface area contributed by atoms with Gasteiger partial charge in [0.25, 0.3) is 0 Å². The minimum Gasteiger partial charge on any atom is -0.478 e. The van der Waals surface area contributed by atoms with Crippen molar-refractivity contribution in [2.24, 2.45) is 0 Å². The lowest BCUT2D eigenvalue weighted by Gasteiger charge is -2.09. The van der Waals surface area contributed by atoms with E-state index in [1.54, 1.807) is 0 Å². The molecule has 0 amide bonds. The first kappa shape index (κ1) is 21.4. The predicted octanol–water partition coefficient (Wildman–Crippen LogP) is 2.23. The van der Waals surface area contributed by atoms with Crippen LogP contribution in [0.4, 0.5) is 0 Å². The van der Waals surface area contributed by atoms with Crippen LogP contribution in [0.15, 0.2) is 24.3 Å². The van der Waals surface area contributed by atoms with Gasteiger partial charge in [-0.2, -0.15) is 0 Å². The maximum Gasteiger partial charge on any atom is 0.331 e. The highest BCUT2D eigenvalue weighted by molar-refractivity contribution is 5.91. The fraction of sp³-hybridized carbons (Fsp3) is 0.556. The molecular weight excluding hydrogens is 344 g/mol. The van der Waals surface area contributed by atoms with Crippen molar-refractivity contribution in [2.45, 2.75) is 63.6 Å². The average Bonchev–Trinajstić information content (AvgIpc) is 3.25. The molecule has 0 saturated heterocycles. The quantitative estimate of drug-likeness (QED) is 0.540. The van der Waals surface area contributed by atoms with Crippen LogP contribution in [0, 0.1) is 0 Å². The van der Waals surface area contributed by atoms with Gasteiger partial charge in [0.05, 0.1) is 0 Å². The van der Waals surface area contributed by atoms with Crippen LogP contribution in [0.25, 0.3) is 0 Å². The summed E-state index contributed by atoms with van der Waals surface area (Å²) in [5.41, 5.74) is 0. The Hall–Kier alpha value is -2.64. The van der Waals surface area contributed by atoms with Crippen molar-refractivity contribution in [3.05, 3.63) is 24.3 Å². The normalized spacial score (nSPS) is 17.8. The molecule has 0 unspecified atom stereocenters. The van der Waals surface area contributed by atoms with Gasteiger partial charge < -0.3 is 19.7 Å². The molecule has 2 rings (SSSR count). The average molecular weight is 368 g/mol. The molecule has 0 atom stereocenters. The van der Waals surface area contributed by atoms with E-state index in [1.165, 1.54) is 12.2 Å². The van der Waals surface area contributed by atoms with Gasteiger partial charge in [0, 0.05) is 24.3 Å². The van der Waals surface area contributed by atoms with Gasteiger partial charge >= 0.3 is 23.9 Å². The van der Waals surface area contributed by atoms with Crippen molar-refractivity contribution >= 4 is 23.9 Å². The van der Waals surface area contributed by atoms with Crippen molar-refractivity contribution in [2.75, 3.05) is 0 Å². The number of carbonyl (C=O) groups is 4. The zero-order valence-corrected chi connectivity index (χ0v) is 14.5. The molecule has 0 heterocycles. The van der Waals surface area contributed by atoms with Crippen LogP contribution >= 0.6 is 0 Å². The van der Waals surface area contributed by atoms with Crippen molar-refractivity contribution in [1.82, 2.24) is 0 Å². The Bertz CT molecular complexity index is 504. The van der Waals surface area contributed by atoms with Gasteiger partial charge in [0.2, 0.25) is 0 Å². The van der Waals surface area contributed by atoms with Crippen LogP contribution in [0.1, 0.15) is 51.4 Å². The second-order valence-corrected chi connectivity index (χ2v) is 6.03. The lowest BCUT2D eigenvalue weighted by molar-refractivity contribution is -0.145. The summed E-state index contributed by atoms with van der Waals surface area (Å²) < 4.78 is 10.4. The molecule has 0 bridgehead atoms. The van der Waals surface area contributed by atoms with E-state index in [4.69, 9.17) is 19.7 Å². The standard InChI is InChI=1S/C14H20O4.C4H4O4/c15-13(17-11-5-1-2-6-11)9-10-14(16)18-12-7-3-4-8-12;5-3(6)1-2-4(7)8/h9-12H,1-8H2;1-2H,(H,5,6)(H,7,8)/b10-9+;2-1+. The molecule has 144 valence electrons. The maximum absolute atomic E-state index is 11.4. The first-order valence-corrected chi connectivity index (χ1v) is 8.60. The molecule has 26 heavy (non-hydrogen) atoms. The Kier molecular flexibility index (Phi) is 9.74. The maximum atomic E-state index is 11.4. The number of carboxylic acids is 2. The lowest BCUT2D eigenvalue weighted by atomic mass is 10.3. The number of carbonyl (C=O) groups excluding carboxylic acids is 2. The summed E-state index contributed by atoms with van der Waals surface area (Å²) in [4.78, 5) is 42.0. The number of rotatable bonds is 6. The Labute approximate surface area is 151 Å². The molecule has 0 aromatic heterocycles. The molecule has 2 aliphatic rings. The first-order chi connectivity index (χ1) is 12.4. The fourth-order valence-electron chi connectivity index (χ4n) is 2.70. The molecule has 2 aliphatic carbocycles. The second-order valence-electron chi connectivity index (χ2n) is 6.03. The Morgan fingerprint density at radius 2 is 0.923 bits per heavy atom. The van der Waals surface area contributed by atoms with E-state index in [0.717, 1.165) is 51.4 Å². The minimum atomic E-state index is -1.26. The van der Waals surface area contributed by atoms with Gasteiger partial charge in [-0.05, 0) is 51.4 Å². The second kappa shape index (κ2) is 11.8. The molecule has 2 N–H and O–H groups in total. The largest absolute Gasteiger partial charge is 0.478 e. The number of carboxylic acid groups (broad SMARTS) is 2. The molecule has 0 radical (unpaired) electrons. The van der Waals surface area contributed by atoms with Crippen molar-refractivity contribution in [3.8, 4) is 0 Å². The van der Waals surface area contributed by atoms with E-state index in [1.807, 2.05) is 0 Å². The molecule has 8 nitrogen and oxygen atoms in total. The molecule has 2 saturated carbocycles. The van der Waals surface area contributed by atoms with Gasteiger partial charge in [-0.1, -0.05) is 0 Å². The van der Waals surface area contributed by atoms with Crippen LogP contribution in [-0.4, -0.2) is 46.3 Å². The van der Waals surface area contributed by atoms with E-state index in [9.17, 15) is 19.2 Å². The Balaban J connectivity index is 0.000000359. The molecule has 0 aromatic rings. The molecule has 2 fully saturated rings. The van der Waals surface area contributed by atoms with Crippen LogP contribution in [-0.2, 0) is 28.7 Å². The third-order valence-electron chi connectivity index (χ3n) is 3.89. The van der Waals surface area contributed by atoms with Crippen LogP contribution in [0.2, 0.25) is 0 Å². The summed E-state index contributed by atoms with van der Waals surface area (Å²) in [5, 5.41) is 15.6. The van der Waals surface area contributed by atoms with Crippen LogP contribution < -0.4 is 0 Å². The fourth-order valence-corrected chi connectivity index (χ4v) is 2.70. The minimum absolute atomic E-state index is 0.0352. The summed E-state index contributed by atoms with van der Waals surface area (Å²) >= 11 is 0. The molecule has 0 spiro atoms. The van der Waals surface area contributed by atoms with E-state index < -0.39 is 23.9 Å². The lowest BCUT2D eigenvalue weighted by Crippen LogP contribution is -2.15. The highest BCUT2D eigenvalue weighted by Gasteiger charge is 2.19. The highest BCUT2D eigenvalue weighted by atomic mass is 16.5. The molecule has 8 heteroatoms. The van der Waals surface area contributed by atoms with Gasteiger partial charge in [-0.3, -0.25) is 0 Å². The van der Waals surface area contributed by atoms with Gasteiger partial charge in [-0.25, -0.2) is 19.2 Å². The SMILES string of the molecule is O=C(/C=C/C(=O)OC1CCCC1)OC1CCCC1.O=C(O)/C=C/C(=O)O. The number of hydrogen-bond acceptors (Lipinski definition) is 6. The van der Waals surface area contributed by atoms with Crippen molar-refractivity contribution in [3.63, 3.8) is 0 Å². The Morgan fingerprint density at radius 3 is 1.19 bits per heavy atom. The van der Waals surface area contributed by atoms with E-state index >= 15 is 0 Å². The topological polar surface area (TPSA) is 127 Å². The van der Waals surface area contributed by atoms with Gasteiger partial charge in [-0.15, -0.1) is 0 Å². The highest BCUT2D eigenvalue weighted by Crippen LogP contribution is 2.22. The predicted molar refractivity (Wildman–Crippen MR) is 90.2 cm³/mol. The number of esters is 2. The first-order valence-electron chi connectivity index (χ1n) is 8.60. The summed E-state index contributed by atoms with van der Waals surface area (Å²) in [6.07, 6.45) is 11.8. The number of ether oxygens (including phenoxy) is 2. The van der Waals surface area contributed by atoms with Crippen LogP contribution in [0.3, 0.4) is 0 Å². The van der Waals surface area contributed by atoms with Crippen molar-refractivity contribution in [1.29, 1.82) is 0 Å². The molecule has 0 aliphatic heterocycles. The third-order valence-corrected chi connectivity index (χ3v) is 3.89. The van der Waals surface area contributed by atoms with E-state index in [0.29, 0.717) is 12.2 Å². The van der Waals surface area contributed by atoms with E-state index in [2.05, 4.69) is 0 Å². The third kappa shape index (κ3) is 10.3. The number of hydrogen-bond donors (Lipinski definition) is 2. The van der Waals surface area contributed by atoms with Gasteiger partial charge in [0.1, 0.15) is 12.2 Å². The van der Waals surface area contributed by atoms with Crippen molar-refractivity contribution < 1.29 is 38.9 Å². The summed E-state index contributed by atoms with van der Waals surface area (Å²) in [7, 11) is 0. The zero-order valence-electron chi connectivity index (χ0n) is 14.5. The Morgan fingerprint density at radius 1 is 0.615 bits per heavy atom. The zero-order chi connectivity index (χ0) is 19.4. The summed E-state index contributed by atoms with van der Waals surface area (Å²) in [6, 6.07) is 0. The summed E-state index contributed by atoms with van der Waals surface area (Å²) in [6.45, 7) is 0. The van der Waals surface area contributed by atoms with Gasteiger partial charge in [0.15, 0.2) is 0 Å². The smallest absolute Gasteiger partial charge is 0.331 e. The number of aliphatic carboxylic acids is 2. The molecular formula is C18H24O8. The summed E-state index contributed by atoms with van der Waals surface area (Å²) in [5.74, 6) is -3.39.